The molecular weight excluding hydrogens is 412 g/mol. The van der Waals surface area contributed by atoms with Crippen molar-refractivity contribution < 1.29 is 24.6 Å². The van der Waals surface area contributed by atoms with Gasteiger partial charge in [-0.05, 0) is 48.9 Å². The Morgan fingerprint density at radius 2 is 1.62 bits per heavy atom. The molecule has 2 aromatic carbocycles. The quantitative estimate of drug-likeness (QED) is 0.568. The third-order valence-corrected chi connectivity index (χ3v) is 4.92. The van der Waals surface area contributed by atoms with Crippen molar-refractivity contribution in [1.29, 1.82) is 0 Å². The van der Waals surface area contributed by atoms with Crippen molar-refractivity contribution in [3.63, 3.8) is 0 Å². The highest BCUT2D eigenvalue weighted by molar-refractivity contribution is 6.40. The molecule has 0 aliphatic carbocycles. The van der Waals surface area contributed by atoms with Crippen LogP contribution in [-0.2, 0) is 9.59 Å². The molecule has 0 aromatic heterocycles. The monoisotopic (exact) mass is 436 g/mol. The molecule has 0 saturated carbocycles. The van der Waals surface area contributed by atoms with Crippen molar-refractivity contribution in [3.8, 4) is 0 Å². The van der Waals surface area contributed by atoms with Crippen molar-refractivity contribution in [2.24, 2.45) is 5.10 Å². The highest BCUT2D eigenvalue weighted by Gasteiger charge is 2.34. The van der Waals surface area contributed by atoms with E-state index in [0.29, 0.717) is 17.0 Å². The number of amides is 2. The Morgan fingerprint density at radius 1 is 1.03 bits per heavy atom. The molecule has 166 valence electrons. The third kappa shape index (κ3) is 4.52. The number of anilines is 2. The molecule has 3 N–H and O–H groups in total. The van der Waals surface area contributed by atoms with Gasteiger partial charge in [-0.2, -0.15) is 10.1 Å². The number of rotatable bonds is 7. The molecule has 1 aliphatic rings. The molecular formula is C23H24N4O5. The fraction of sp³-hybridized carbons (Fsp3) is 0.217. The van der Waals surface area contributed by atoms with Crippen molar-refractivity contribution in [3.05, 3.63) is 65.2 Å². The summed E-state index contributed by atoms with van der Waals surface area (Å²) in [5, 5.41) is 26.3. The Labute approximate surface area is 185 Å². The van der Waals surface area contributed by atoms with Gasteiger partial charge in [0.2, 0.25) is 0 Å². The minimum absolute atomic E-state index is 0.0378. The highest BCUT2D eigenvalue weighted by Crippen LogP contribution is 2.30. The third-order valence-electron chi connectivity index (χ3n) is 4.92. The number of carbonyl (C=O) groups is 3. The number of aromatic carboxylic acids is 1. The number of nitrogens with one attached hydrogen (secondary N) is 1. The van der Waals surface area contributed by atoms with Crippen molar-refractivity contribution >= 4 is 40.4 Å². The van der Waals surface area contributed by atoms with Gasteiger partial charge >= 0.3 is 5.97 Å². The molecule has 0 atom stereocenters. The second-order valence-corrected chi connectivity index (χ2v) is 7.33. The van der Waals surface area contributed by atoms with Gasteiger partial charge in [-0.15, -0.1) is 0 Å². The molecule has 3 rings (SSSR count). The normalized spacial score (nSPS) is 14.8. The average Bonchev–Trinajstić information content (AvgIpc) is 3.07. The maximum atomic E-state index is 13.3. The van der Waals surface area contributed by atoms with Crippen LogP contribution in [0.5, 0.6) is 0 Å². The van der Waals surface area contributed by atoms with Gasteiger partial charge in [0.1, 0.15) is 0 Å². The van der Waals surface area contributed by atoms with Crippen molar-refractivity contribution in [1.82, 2.24) is 5.32 Å². The molecule has 1 aliphatic heterocycles. The van der Waals surface area contributed by atoms with E-state index in [9.17, 15) is 14.4 Å². The van der Waals surface area contributed by atoms with Crippen LogP contribution in [0.2, 0.25) is 0 Å². The zero-order chi connectivity index (χ0) is 23.4. The Morgan fingerprint density at radius 3 is 2.16 bits per heavy atom. The predicted molar refractivity (Wildman–Crippen MR) is 122 cm³/mol. The van der Waals surface area contributed by atoms with Gasteiger partial charge in [0.25, 0.3) is 11.8 Å². The summed E-state index contributed by atoms with van der Waals surface area (Å²) in [5.74, 6) is -2.08. The van der Waals surface area contributed by atoms with Gasteiger partial charge < -0.3 is 20.4 Å². The predicted octanol–water partition coefficient (Wildman–Crippen LogP) is 1.74. The lowest BCUT2D eigenvalue weighted by atomic mass is 9.95. The molecule has 0 saturated heterocycles. The zero-order valence-corrected chi connectivity index (χ0v) is 18.0. The second-order valence-electron chi connectivity index (χ2n) is 7.33. The van der Waals surface area contributed by atoms with E-state index in [4.69, 9.17) is 10.2 Å². The zero-order valence-electron chi connectivity index (χ0n) is 18.0. The van der Waals surface area contributed by atoms with Crippen LogP contribution in [0.15, 0.2) is 59.2 Å². The van der Waals surface area contributed by atoms with Gasteiger partial charge in [-0.3, -0.25) is 9.59 Å². The molecule has 9 heteroatoms. The van der Waals surface area contributed by atoms with Gasteiger partial charge in [0, 0.05) is 26.3 Å². The number of aliphatic hydroxyl groups is 1. The molecule has 0 radical (unpaired) electrons. The highest BCUT2D eigenvalue weighted by atomic mass is 16.4. The SMILES string of the molecule is CC1=NN(c2ccc(C(=O)O)cc2)C(=O)/C1=C(/C(=O)NCCO)c1ccc(N(C)C)cc1. The molecule has 1 heterocycles. The lowest BCUT2D eigenvalue weighted by molar-refractivity contribution is -0.117. The van der Waals surface area contributed by atoms with Crippen molar-refractivity contribution in [2.45, 2.75) is 6.92 Å². The van der Waals surface area contributed by atoms with Gasteiger partial charge in [0.15, 0.2) is 0 Å². The van der Waals surface area contributed by atoms with E-state index in [1.165, 1.54) is 24.3 Å². The largest absolute Gasteiger partial charge is 0.478 e. The smallest absolute Gasteiger partial charge is 0.335 e. The van der Waals surface area contributed by atoms with Crippen LogP contribution in [0.25, 0.3) is 5.57 Å². The fourth-order valence-corrected chi connectivity index (χ4v) is 3.29. The van der Waals surface area contributed by atoms with Gasteiger partial charge in [-0.1, -0.05) is 12.1 Å². The number of carbonyl (C=O) groups excluding carboxylic acids is 2. The molecule has 0 unspecified atom stereocenters. The first-order chi connectivity index (χ1) is 15.2. The van der Waals surface area contributed by atoms with Gasteiger partial charge in [0.05, 0.1) is 34.7 Å². The molecule has 0 bridgehead atoms. The molecule has 0 spiro atoms. The van der Waals surface area contributed by atoms with E-state index in [1.807, 2.05) is 31.1 Å². The number of carboxylic acids is 1. The van der Waals surface area contributed by atoms with E-state index in [1.54, 1.807) is 19.1 Å². The van der Waals surface area contributed by atoms with E-state index < -0.39 is 17.8 Å². The number of hydrazone groups is 1. The maximum absolute atomic E-state index is 13.3. The first-order valence-corrected chi connectivity index (χ1v) is 9.89. The summed E-state index contributed by atoms with van der Waals surface area (Å²) in [6.07, 6.45) is 0. The minimum Gasteiger partial charge on any atom is -0.478 e. The summed E-state index contributed by atoms with van der Waals surface area (Å²) >= 11 is 0. The standard InChI is InChI=1S/C23H24N4O5/c1-14-19(22(30)27(25-14)18-10-6-16(7-11-18)23(31)32)20(21(29)24-12-13-28)15-4-8-17(9-5-15)26(2)3/h4-11,28H,12-13H2,1-3H3,(H,24,29)(H,31,32)/b20-19+. The van der Waals surface area contributed by atoms with Crippen LogP contribution in [0.4, 0.5) is 11.4 Å². The van der Waals surface area contributed by atoms with Crippen LogP contribution < -0.4 is 15.2 Å². The maximum Gasteiger partial charge on any atom is 0.335 e. The second kappa shape index (κ2) is 9.44. The molecule has 2 aromatic rings. The Kier molecular flexibility index (Phi) is 6.70. The molecule has 2 amide bonds. The Bertz CT molecular complexity index is 1100. The Hall–Kier alpha value is -3.98. The number of carboxylic acid groups (broad SMARTS) is 1. The first-order valence-electron chi connectivity index (χ1n) is 9.89. The number of benzene rings is 2. The minimum atomic E-state index is -1.08. The van der Waals surface area contributed by atoms with Crippen LogP contribution in [0, 0.1) is 0 Å². The Balaban J connectivity index is 2.07. The summed E-state index contributed by atoms with van der Waals surface area (Å²) in [6.45, 7) is 1.43. The lowest BCUT2D eigenvalue weighted by Crippen LogP contribution is -2.30. The number of nitrogens with zero attached hydrogens (tertiary/aromatic N) is 3. The number of hydrogen-bond acceptors (Lipinski definition) is 6. The van der Waals surface area contributed by atoms with Gasteiger partial charge in [-0.25, -0.2) is 4.79 Å². The summed E-state index contributed by atoms with van der Waals surface area (Å²) in [4.78, 5) is 39.3. The van der Waals surface area contributed by atoms with Crippen LogP contribution >= 0.6 is 0 Å². The van der Waals surface area contributed by atoms with E-state index in [0.717, 1.165) is 10.7 Å². The topological polar surface area (TPSA) is 123 Å². The van der Waals surface area contributed by atoms with Crippen LogP contribution in [0.3, 0.4) is 0 Å². The van der Waals surface area contributed by atoms with E-state index >= 15 is 0 Å². The number of aliphatic hydroxyl groups excluding tert-OH is 1. The van der Waals surface area contributed by atoms with Crippen molar-refractivity contribution in [2.75, 3.05) is 37.2 Å². The molecule has 0 fully saturated rings. The average molecular weight is 436 g/mol. The summed E-state index contributed by atoms with van der Waals surface area (Å²) in [5.41, 5.74) is 2.57. The molecule has 9 nitrogen and oxygen atoms in total. The van der Waals surface area contributed by atoms with E-state index in [2.05, 4.69) is 10.4 Å². The summed E-state index contributed by atoms with van der Waals surface area (Å²) in [7, 11) is 3.79. The van der Waals surface area contributed by atoms with E-state index in [-0.39, 0.29) is 29.9 Å². The summed E-state index contributed by atoms with van der Waals surface area (Å²) in [6, 6.07) is 12.9. The number of hydrogen-bond donors (Lipinski definition) is 3. The van der Waals surface area contributed by atoms with Crippen LogP contribution in [-0.4, -0.2) is 61.0 Å². The summed E-state index contributed by atoms with van der Waals surface area (Å²) < 4.78 is 0. The first kappa shape index (κ1) is 22.7. The fourth-order valence-electron chi connectivity index (χ4n) is 3.29. The molecule has 32 heavy (non-hydrogen) atoms. The lowest BCUT2D eigenvalue weighted by Gasteiger charge is -2.16. The van der Waals surface area contributed by atoms with Crippen LogP contribution in [0.1, 0.15) is 22.8 Å².